The van der Waals surface area contributed by atoms with Crippen LogP contribution in [0.1, 0.15) is 27.9 Å². The van der Waals surface area contributed by atoms with Gasteiger partial charge in [0.25, 0.3) is 11.6 Å². The Hall–Kier alpha value is -2.78. The molecule has 0 unspecified atom stereocenters. The van der Waals surface area contributed by atoms with Crippen LogP contribution in [0.4, 0.5) is 10.8 Å². The summed E-state index contributed by atoms with van der Waals surface area (Å²) < 4.78 is 0.752. The molecule has 0 spiro atoms. The van der Waals surface area contributed by atoms with Gasteiger partial charge in [0.05, 0.1) is 4.92 Å². The van der Waals surface area contributed by atoms with Gasteiger partial charge in [-0.15, -0.1) is 10.2 Å². The van der Waals surface area contributed by atoms with E-state index in [0.717, 1.165) is 22.9 Å². The number of nitrogens with one attached hydrogen (secondary N) is 1. The molecule has 0 aliphatic rings. The summed E-state index contributed by atoms with van der Waals surface area (Å²) in [6, 6.07) is 14.9. The first-order chi connectivity index (χ1) is 13.5. The lowest BCUT2D eigenvalue weighted by Gasteiger charge is -2.04. The number of amides is 1. The Bertz CT molecular complexity index is 976. The first kappa shape index (κ1) is 20.0. The average Bonchev–Trinajstić information content (AvgIpc) is 3.12. The number of carbonyl (C=O) groups is 1. The number of hydrogen-bond donors (Lipinski definition) is 1. The number of nitro benzene ring substituents is 1. The number of nitro groups is 1. The molecule has 0 saturated heterocycles. The summed E-state index contributed by atoms with van der Waals surface area (Å²) in [5.41, 5.74) is 1.55. The van der Waals surface area contributed by atoms with Gasteiger partial charge in [0.2, 0.25) is 5.13 Å². The van der Waals surface area contributed by atoms with Crippen molar-refractivity contribution in [2.24, 2.45) is 0 Å². The standard InChI is InChI=1S/C19H18N4O3S2/c1-13-7-5-11-15(16(13)23(25)26)17(24)20-18-21-22-19(28-18)27-12-6-10-14-8-3-2-4-9-14/h2-5,7-9,11H,6,10,12H2,1H3,(H,20,21,24). The molecule has 1 aromatic heterocycles. The predicted octanol–water partition coefficient (Wildman–Crippen LogP) is 4.73. The van der Waals surface area contributed by atoms with Gasteiger partial charge in [-0.3, -0.25) is 20.2 Å². The summed E-state index contributed by atoms with van der Waals surface area (Å²) in [6.45, 7) is 1.60. The maximum absolute atomic E-state index is 12.4. The van der Waals surface area contributed by atoms with E-state index in [0.29, 0.717) is 10.7 Å². The second-order valence-corrected chi connectivity index (χ2v) is 8.31. The SMILES string of the molecule is Cc1cccc(C(=O)Nc2nnc(SCCCc3ccccc3)s2)c1[N+](=O)[O-]. The van der Waals surface area contributed by atoms with Crippen molar-refractivity contribution in [1.82, 2.24) is 10.2 Å². The average molecular weight is 415 g/mol. The van der Waals surface area contributed by atoms with E-state index in [4.69, 9.17) is 0 Å². The highest BCUT2D eigenvalue weighted by Crippen LogP contribution is 2.28. The van der Waals surface area contributed by atoms with E-state index in [1.54, 1.807) is 30.8 Å². The smallest absolute Gasteiger partial charge is 0.285 e. The molecule has 28 heavy (non-hydrogen) atoms. The van der Waals surface area contributed by atoms with E-state index >= 15 is 0 Å². The van der Waals surface area contributed by atoms with Crippen molar-refractivity contribution in [2.75, 3.05) is 11.1 Å². The van der Waals surface area contributed by atoms with Crippen LogP contribution in [0.15, 0.2) is 52.9 Å². The number of aromatic nitrogens is 2. The molecule has 1 heterocycles. The van der Waals surface area contributed by atoms with Crippen LogP contribution in [0.25, 0.3) is 0 Å². The number of carbonyl (C=O) groups excluding carboxylic acids is 1. The molecule has 7 nitrogen and oxygen atoms in total. The van der Waals surface area contributed by atoms with Crippen molar-refractivity contribution in [3.63, 3.8) is 0 Å². The van der Waals surface area contributed by atoms with E-state index in [1.807, 2.05) is 18.2 Å². The summed E-state index contributed by atoms with van der Waals surface area (Å²) in [7, 11) is 0. The minimum absolute atomic E-state index is 0.0114. The molecule has 2 aromatic carbocycles. The fraction of sp³-hybridized carbons (Fsp3) is 0.211. The topological polar surface area (TPSA) is 98.0 Å². The maximum atomic E-state index is 12.4. The highest BCUT2D eigenvalue weighted by atomic mass is 32.2. The van der Waals surface area contributed by atoms with Gasteiger partial charge in [-0.25, -0.2) is 0 Å². The van der Waals surface area contributed by atoms with E-state index in [-0.39, 0.29) is 11.3 Å². The zero-order valence-corrected chi connectivity index (χ0v) is 16.8. The molecule has 144 valence electrons. The van der Waals surface area contributed by atoms with Gasteiger partial charge < -0.3 is 0 Å². The third-order valence-electron chi connectivity index (χ3n) is 3.97. The molecule has 0 fully saturated rings. The van der Waals surface area contributed by atoms with Gasteiger partial charge in [-0.1, -0.05) is 65.6 Å². The van der Waals surface area contributed by atoms with E-state index in [2.05, 4.69) is 27.6 Å². The van der Waals surface area contributed by atoms with Crippen molar-refractivity contribution in [3.8, 4) is 0 Å². The Labute approximate surface area is 170 Å². The first-order valence-corrected chi connectivity index (χ1v) is 10.4. The number of para-hydroxylation sites is 1. The Kier molecular flexibility index (Phi) is 6.72. The number of nitrogens with zero attached hydrogens (tertiary/aromatic N) is 3. The maximum Gasteiger partial charge on any atom is 0.285 e. The lowest BCUT2D eigenvalue weighted by Crippen LogP contribution is -2.14. The van der Waals surface area contributed by atoms with E-state index in [9.17, 15) is 14.9 Å². The van der Waals surface area contributed by atoms with Crippen molar-refractivity contribution < 1.29 is 9.72 Å². The minimum Gasteiger partial charge on any atom is -0.296 e. The number of anilines is 1. The predicted molar refractivity (Wildman–Crippen MR) is 111 cm³/mol. The molecule has 0 saturated carbocycles. The highest BCUT2D eigenvalue weighted by Gasteiger charge is 2.23. The molecule has 3 aromatic rings. The van der Waals surface area contributed by atoms with E-state index < -0.39 is 10.8 Å². The van der Waals surface area contributed by atoms with Gasteiger partial charge in [0, 0.05) is 11.3 Å². The van der Waals surface area contributed by atoms with E-state index in [1.165, 1.54) is 23.0 Å². The Morgan fingerprint density at radius 2 is 1.96 bits per heavy atom. The largest absolute Gasteiger partial charge is 0.296 e. The third kappa shape index (κ3) is 5.14. The lowest BCUT2D eigenvalue weighted by atomic mass is 10.1. The van der Waals surface area contributed by atoms with Crippen LogP contribution in [0.3, 0.4) is 0 Å². The van der Waals surface area contributed by atoms with Gasteiger partial charge in [-0.05, 0) is 31.4 Å². The van der Waals surface area contributed by atoms with Crippen LogP contribution in [0, 0.1) is 17.0 Å². The zero-order valence-electron chi connectivity index (χ0n) is 15.1. The second-order valence-electron chi connectivity index (χ2n) is 5.99. The molecule has 0 radical (unpaired) electrons. The number of aryl methyl sites for hydroxylation is 2. The molecule has 9 heteroatoms. The summed E-state index contributed by atoms with van der Waals surface area (Å²) >= 11 is 2.84. The molecule has 0 aliphatic carbocycles. The fourth-order valence-electron chi connectivity index (χ4n) is 2.65. The molecule has 0 atom stereocenters. The summed E-state index contributed by atoms with van der Waals surface area (Å²) in [5.74, 6) is 0.327. The number of thioether (sulfide) groups is 1. The number of benzene rings is 2. The van der Waals surface area contributed by atoms with Crippen LogP contribution in [-0.4, -0.2) is 26.8 Å². The summed E-state index contributed by atoms with van der Waals surface area (Å²) in [6.07, 6.45) is 2.00. The Morgan fingerprint density at radius 3 is 2.71 bits per heavy atom. The second kappa shape index (κ2) is 9.43. The Balaban J connectivity index is 1.55. The highest BCUT2D eigenvalue weighted by molar-refractivity contribution is 8.01. The summed E-state index contributed by atoms with van der Waals surface area (Å²) in [5, 5.41) is 22.2. The molecular formula is C19H18N4O3S2. The van der Waals surface area contributed by atoms with Crippen molar-refractivity contribution in [1.29, 1.82) is 0 Å². The van der Waals surface area contributed by atoms with Crippen molar-refractivity contribution in [2.45, 2.75) is 24.1 Å². The monoisotopic (exact) mass is 414 g/mol. The Morgan fingerprint density at radius 1 is 1.18 bits per heavy atom. The molecule has 0 bridgehead atoms. The van der Waals surface area contributed by atoms with Crippen molar-refractivity contribution >= 4 is 39.8 Å². The quantitative estimate of drug-likeness (QED) is 0.188. The summed E-state index contributed by atoms with van der Waals surface area (Å²) in [4.78, 5) is 23.1. The molecule has 0 aliphatic heterocycles. The number of hydrogen-bond acceptors (Lipinski definition) is 7. The zero-order chi connectivity index (χ0) is 19.9. The van der Waals surface area contributed by atoms with Crippen molar-refractivity contribution in [3.05, 3.63) is 75.3 Å². The fourth-order valence-corrected chi connectivity index (χ4v) is 4.40. The lowest BCUT2D eigenvalue weighted by molar-refractivity contribution is -0.385. The number of rotatable bonds is 8. The van der Waals surface area contributed by atoms with Crippen LogP contribution >= 0.6 is 23.1 Å². The van der Waals surface area contributed by atoms with Crippen LogP contribution in [0.2, 0.25) is 0 Å². The molecule has 1 amide bonds. The van der Waals surface area contributed by atoms with Gasteiger partial charge >= 0.3 is 0 Å². The van der Waals surface area contributed by atoms with Crippen LogP contribution in [0.5, 0.6) is 0 Å². The normalized spacial score (nSPS) is 10.6. The first-order valence-electron chi connectivity index (χ1n) is 8.60. The van der Waals surface area contributed by atoms with Gasteiger partial charge in [-0.2, -0.15) is 0 Å². The minimum atomic E-state index is -0.563. The van der Waals surface area contributed by atoms with Crippen LogP contribution in [-0.2, 0) is 6.42 Å². The molecular weight excluding hydrogens is 396 g/mol. The van der Waals surface area contributed by atoms with Gasteiger partial charge in [0.1, 0.15) is 5.56 Å². The third-order valence-corrected chi connectivity index (χ3v) is 6.03. The molecule has 1 N–H and O–H groups in total. The van der Waals surface area contributed by atoms with Gasteiger partial charge in [0.15, 0.2) is 4.34 Å². The van der Waals surface area contributed by atoms with Crippen LogP contribution < -0.4 is 5.32 Å². The molecule has 3 rings (SSSR count).